The summed E-state index contributed by atoms with van der Waals surface area (Å²) in [6.45, 7) is 1.94. The van der Waals surface area contributed by atoms with Gasteiger partial charge in [-0.05, 0) is 61.0 Å². The Kier molecular flexibility index (Phi) is 4.91. The number of anilines is 2. The number of hydrogen-bond donors (Lipinski definition) is 1. The highest BCUT2D eigenvalue weighted by molar-refractivity contribution is 6.41. The van der Waals surface area contributed by atoms with E-state index in [9.17, 15) is 9.59 Å². The number of carbonyl (C=O) groups excluding carboxylic acids is 1. The van der Waals surface area contributed by atoms with Crippen molar-refractivity contribution in [2.75, 3.05) is 4.90 Å². The van der Waals surface area contributed by atoms with Crippen LogP contribution >= 0.6 is 23.2 Å². The van der Waals surface area contributed by atoms with E-state index in [2.05, 4.69) is 0 Å². The van der Waals surface area contributed by atoms with Crippen LogP contribution in [0.5, 0.6) is 0 Å². The molecule has 3 aromatic carbocycles. The number of amides is 1. The molecule has 0 saturated heterocycles. The number of carboxylic acids is 1. The van der Waals surface area contributed by atoms with Gasteiger partial charge in [-0.2, -0.15) is 0 Å². The molecule has 144 valence electrons. The molecular weight excluding hydrogens is 409 g/mol. The van der Waals surface area contributed by atoms with Crippen LogP contribution in [0.4, 0.5) is 11.4 Å². The van der Waals surface area contributed by atoms with Gasteiger partial charge in [0, 0.05) is 26.9 Å². The van der Waals surface area contributed by atoms with Gasteiger partial charge in [-0.1, -0.05) is 41.4 Å². The molecular formula is C23H15Cl2NO3. The number of hydrogen-bond acceptors (Lipinski definition) is 2. The number of aryl methyl sites for hydroxylation is 1. The first kappa shape index (κ1) is 19.2. The predicted octanol–water partition coefficient (Wildman–Crippen LogP) is 6.22. The van der Waals surface area contributed by atoms with Gasteiger partial charge in [0.25, 0.3) is 5.91 Å². The van der Waals surface area contributed by atoms with Crippen molar-refractivity contribution >= 4 is 58.1 Å². The van der Waals surface area contributed by atoms with Gasteiger partial charge in [0.05, 0.1) is 16.8 Å². The van der Waals surface area contributed by atoms with Crippen LogP contribution in [0.1, 0.15) is 27.0 Å². The Hall–Kier alpha value is -3.08. The van der Waals surface area contributed by atoms with E-state index in [4.69, 9.17) is 28.3 Å². The fourth-order valence-corrected chi connectivity index (χ4v) is 3.97. The first-order valence-electron chi connectivity index (χ1n) is 8.82. The van der Waals surface area contributed by atoms with E-state index in [0.717, 1.165) is 16.8 Å². The third-order valence-corrected chi connectivity index (χ3v) is 5.51. The minimum Gasteiger partial charge on any atom is -0.478 e. The highest BCUT2D eigenvalue weighted by Crippen LogP contribution is 2.44. The Labute approximate surface area is 177 Å². The predicted molar refractivity (Wildman–Crippen MR) is 116 cm³/mol. The number of carbonyl (C=O) groups is 2. The van der Waals surface area contributed by atoms with Crippen molar-refractivity contribution in [3.05, 3.63) is 93.0 Å². The number of halogens is 2. The van der Waals surface area contributed by atoms with Crippen molar-refractivity contribution in [2.45, 2.75) is 6.92 Å². The quantitative estimate of drug-likeness (QED) is 0.508. The van der Waals surface area contributed by atoms with Crippen LogP contribution in [0, 0.1) is 6.92 Å². The zero-order valence-electron chi connectivity index (χ0n) is 15.3. The molecule has 0 spiro atoms. The molecule has 1 amide bonds. The maximum atomic E-state index is 13.4. The minimum absolute atomic E-state index is 0.156. The number of aromatic carboxylic acids is 1. The highest BCUT2D eigenvalue weighted by atomic mass is 35.5. The summed E-state index contributed by atoms with van der Waals surface area (Å²) >= 11 is 12.6. The lowest BCUT2D eigenvalue weighted by molar-refractivity contribution is -0.112. The normalized spacial score (nSPS) is 14.4. The van der Waals surface area contributed by atoms with Crippen LogP contribution in [0.3, 0.4) is 0 Å². The number of carboxylic acid groups (broad SMARTS) is 1. The zero-order valence-corrected chi connectivity index (χ0v) is 16.8. The average Bonchev–Trinajstić information content (AvgIpc) is 2.97. The highest BCUT2D eigenvalue weighted by Gasteiger charge is 2.34. The molecule has 0 aromatic heterocycles. The topological polar surface area (TPSA) is 57.6 Å². The Bertz CT molecular complexity index is 1160. The molecule has 1 aliphatic heterocycles. The van der Waals surface area contributed by atoms with E-state index < -0.39 is 5.97 Å². The lowest BCUT2D eigenvalue weighted by atomic mass is 9.99. The van der Waals surface area contributed by atoms with Crippen LogP contribution in [-0.2, 0) is 4.79 Å². The van der Waals surface area contributed by atoms with E-state index in [0.29, 0.717) is 26.9 Å². The van der Waals surface area contributed by atoms with E-state index in [1.54, 1.807) is 41.3 Å². The summed E-state index contributed by atoms with van der Waals surface area (Å²) in [7, 11) is 0. The fraction of sp³-hybridized carbons (Fsp3) is 0.0435. The smallest absolute Gasteiger partial charge is 0.335 e. The molecule has 0 saturated carbocycles. The summed E-state index contributed by atoms with van der Waals surface area (Å²) in [5.41, 5.74) is 4.27. The van der Waals surface area contributed by atoms with Crippen molar-refractivity contribution in [3.63, 3.8) is 0 Å². The molecule has 0 bridgehead atoms. The first-order valence-corrected chi connectivity index (χ1v) is 9.57. The largest absolute Gasteiger partial charge is 0.478 e. The van der Waals surface area contributed by atoms with Crippen molar-refractivity contribution in [1.29, 1.82) is 0 Å². The van der Waals surface area contributed by atoms with Gasteiger partial charge in [-0.15, -0.1) is 0 Å². The SMILES string of the molecule is Cc1cccc2c1/C(=C\c1c(Cl)cccc1Cl)C(=O)N2c1ccc(C(=O)O)cc1. The molecule has 1 heterocycles. The van der Waals surface area contributed by atoms with Crippen LogP contribution in [0.2, 0.25) is 10.0 Å². The number of rotatable bonds is 3. The van der Waals surface area contributed by atoms with Crippen LogP contribution < -0.4 is 4.90 Å². The van der Waals surface area contributed by atoms with Gasteiger partial charge in [0.15, 0.2) is 0 Å². The van der Waals surface area contributed by atoms with Gasteiger partial charge < -0.3 is 5.11 Å². The molecule has 29 heavy (non-hydrogen) atoms. The Balaban J connectivity index is 1.89. The standard InChI is InChI=1S/C23H15Cl2NO3/c1-13-4-2-7-20-21(13)17(12-16-18(24)5-3-6-19(16)25)22(27)26(20)15-10-8-14(9-11-15)23(28)29/h2-12H,1H3,(H,28,29)/b17-12+. The fourth-order valence-electron chi connectivity index (χ4n) is 3.46. The second-order valence-corrected chi connectivity index (χ2v) is 7.47. The van der Waals surface area contributed by atoms with Gasteiger partial charge in [0.1, 0.15) is 0 Å². The Morgan fingerprint density at radius 1 is 0.966 bits per heavy atom. The van der Waals surface area contributed by atoms with Crippen LogP contribution in [0.15, 0.2) is 60.7 Å². The Morgan fingerprint density at radius 3 is 2.21 bits per heavy atom. The van der Waals surface area contributed by atoms with E-state index >= 15 is 0 Å². The molecule has 0 fully saturated rings. The van der Waals surface area contributed by atoms with E-state index in [-0.39, 0.29) is 11.5 Å². The molecule has 3 aromatic rings. The molecule has 4 rings (SSSR count). The molecule has 0 radical (unpaired) electrons. The summed E-state index contributed by atoms with van der Waals surface area (Å²) in [5, 5.41) is 10.0. The van der Waals surface area contributed by atoms with Crippen molar-refractivity contribution in [3.8, 4) is 0 Å². The summed E-state index contributed by atoms with van der Waals surface area (Å²) in [6.07, 6.45) is 1.71. The number of benzene rings is 3. The molecule has 1 aliphatic rings. The molecule has 6 heteroatoms. The second-order valence-electron chi connectivity index (χ2n) is 6.65. The van der Waals surface area contributed by atoms with Crippen molar-refractivity contribution in [2.24, 2.45) is 0 Å². The van der Waals surface area contributed by atoms with Crippen LogP contribution in [0.25, 0.3) is 11.6 Å². The van der Waals surface area contributed by atoms with E-state index in [1.807, 2.05) is 25.1 Å². The third kappa shape index (κ3) is 3.31. The van der Waals surface area contributed by atoms with Gasteiger partial charge in [-0.3, -0.25) is 9.69 Å². The van der Waals surface area contributed by atoms with Gasteiger partial charge >= 0.3 is 5.97 Å². The van der Waals surface area contributed by atoms with Crippen LogP contribution in [-0.4, -0.2) is 17.0 Å². The second kappa shape index (κ2) is 7.39. The summed E-state index contributed by atoms with van der Waals surface area (Å²) in [6, 6.07) is 17.1. The summed E-state index contributed by atoms with van der Waals surface area (Å²) < 4.78 is 0. The minimum atomic E-state index is -1.02. The molecule has 1 N–H and O–H groups in total. The lowest BCUT2D eigenvalue weighted by Gasteiger charge is -2.17. The molecule has 0 atom stereocenters. The number of nitrogens with zero attached hydrogens (tertiary/aromatic N) is 1. The molecule has 4 nitrogen and oxygen atoms in total. The van der Waals surface area contributed by atoms with E-state index in [1.165, 1.54) is 12.1 Å². The Morgan fingerprint density at radius 2 is 1.59 bits per heavy atom. The lowest BCUT2D eigenvalue weighted by Crippen LogP contribution is -2.20. The van der Waals surface area contributed by atoms with Crippen molar-refractivity contribution < 1.29 is 14.7 Å². The first-order chi connectivity index (χ1) is 13.9. The maximum absolute atomic E-state index is 13.4. The maximum Gasteiger partial charge on any atom is 0.335 e. The van der Waals surface area contributed by atoms with Crippen molar-refractivity contribution in [1.82, 2.24) is 0 Å². The molecule has 0 aliphatic carbocycles. The monoisotopic (exact) mass is 423 g/mol. The summed E-state index contributed by atoms with van der Waals surface area (Å²) in [5.74, 6) is -1.25. The molecule has 0 unspecified atom stereocenters. The number of fused-ring (bicyclic) bond motifs is 1. The van der Waals surface area contributed by atoms with Gasteiger partial charge in [0.2, 0.25) is 0 Å². The third-order valence-electron chi connectivity index (χ3n) is 4.86. The average molecular weight is 424 g/mol. The van der Waals surface area contributed by atoms with Gasteiger partial charge in [-0.25, -0.2) is 4.79 Å². The zero-order chi connectivity index (χ0) is 20.7. The summed E-state index contributed by atoms with van der Waals surface area (Å²) in [4.78, 5) is 26.1.